The predicted molar refractivity (Wildman–Crippen MR) is 111 cm³/mol. The van der Waals surface area contributed by atoms with Crippen molar-refractivity contribution in [3.05, 3.63) is 65.7 Å². The highest BCUT2D eigenvalue weighted by Crippen LogP contribution is 2.28. The van der Waals surface area contributed by atoms with Crippen LogP contribution in [0.25, 0.3) is 0 Å². The summed E-state index contributed by atoms with van der Waals surface area (Å²) in [6.45, 7) is 5.42. The molecule has 0 bridgehead atoms. The summed E-state index contributed by atoms with van der Waals surface area (Å²) >= 11 is 0. The summed E-state index contributed by atoms with van der Waals surface area (Å²) in [6.07, 6.45) is 1.47. The molecule has 1 aliphatic heterocycles. The van der Waals surface area contributed by atoms with Crippen molar-refractivity contribution in [2.45, 2.75) is 25.3 Å². The van der Waals surface area contributed by atoms with Crippen LogP contribution in [0.3, 0.4) is 0 Å². The maximum atomic E-state index is 13.6. The topological polar surface area (TPSA) is 32.8 Å². The maximum Gasteiger partial charge on any atom is 0.183 e. The number of nitrogens with zero attached hydrogens (tertiary/aromatic N) is 2. The first kappa shape index (κ1) is 19.6. The molecule has 1 fully saturated rings. The highest BCUT2D eigenvalue weighted by Gasteiger charge is 2.39. The van der Waals surface area contributed by atoms with Gasteiger partial charge in [-0.25, -0.2) is 0 Å². The second kappa shape index (κ2) is 8.68. The molecule has 0 aliphatic carbocycles. The van der Waals surface area contributed by atoms with E-state index in [0.29, 0.717) is 6.42 Å². The third-order valence-electron chi connectivity index (χ3n) is 5.71. The van der Waals surface area contributed by atoms with Crippen molar-refractivity contribution in [3.8, 4) is 0 Å². The van der Waals surface area contributed by atoms with Gasteiger partial charge in [-0.3, -0.25) is 9.69 Å². The standard InChI is InChI=1S/C23H30N2O2/c1-4-23(24(2)3,18-19-8-6-5-7-9-19)22(26)20-10-12-21(13-11-20)25-14-16-27-17-15-25/h5-13H,4,14-18H2,1-3H3/t23-/m0/s1. The zero-order chi connectivity index (χ0) is 19.3. The van der Waals surface area contributed by atoms with E-state index >= 15 is 0 Å². The van der Waals surface area contributed by atoms with Crippen LogP contribution < -0.4 is 4.90 Å². The van der Waals surface area contributed by atoms with E-state index in [0.717, 1.165) is 44.0 Å². The Kier molecular flexibility index (Phi) is 6.30. The van der Waals surface area contributed by atoms with Gasteiger partial charge in [0.15, 0.2) is 5.78 Å². The second-order valence-electron chi connectivity index (χ2n) is 7.42. The molecule has 1 heterocycles. The molecule has 4 heteroatoms. The molecule has 0 spiro atoms. The van der Waals surface area contributed by atoms with Gasteiger partial charge in [0.05, 0.1) is 18.8 Å². The van der Waals surface area contributed by atoms with E-state index in [9.17, 15) is 4.79 Å². The fourth-order valence-electron chi connectivity index (χ4n) is 3.89. The Bertz CT molecular complexity index is 737. The van der Waals surface area contributed by atoms with Crippen molar-refractivity contribution in [1.82, 2.24) is 4.90 Å². The summed E-state index contributed by atoms with van der Waals surface area (Å²) in [4.78, 5) is 17.9. The summed E-state index contributed by atoms with van der Waals surface area (Å²) in [7, 11) is 4.01. The number of rotatable bonds is 7. The van der Waals surface area contributed by atoms with Gasteiger partial charge >= 0.3 is 0 Å². The summed E-state index contributed by atoms with van der Waals surface area (Å²) < 4.78 is 5.42. The van der Waals surface area contributed by atoms with Crippen LogP contribution in [-0.4, -0.2) is 56.6 Å². The van der Waals surface area contributed by atoms with Crippen molar-refractivity contribution < 1.29 is 9.53 Å². The van der Waals surface area contributed by atoms with Crippen LogP contribution in [0.2, 0.25) is 0 Å². The number of likely N-dealkylation sites (N-methyl/N-ethyl adjacent to an activating group) is 1. The van der Waals surface area contributed by atoms with Crippen molar-refractivity contribution in [2.75, 3.05) is 45.3 Å². The molecule has 3 rings (SSSR count). The first-order valence-electron chi connectivity index (χ1n) is 9.76. The van der Waals surface area contributed by atoms with Gasteiger partial charge in [-0.1, -0.05) is 37.3 Å². The van der Waals surface area contributed by atoms with Gasteiger partial charge in [-0.05, 0) is 56.8 Å². The molecule has 0 aromatic heterocycles. The quantitative estimate of drug-likeness (QED) is 0.700. The van der Waals surface area contributed by atoms with Crippen LogP contribution >= 0.6 is 0 Å². The minimum absolute atomic E-state index is 0.187. The molecule has 0 radical (unpaired) electrons. The third-order valence-corrected chi connectivity index (χ3v) is 5.71. The van der Waals surface area contributed by atoms with Gasteiger partial charge in [0.1, 0.15) is 0 Å². The van der Waals surface area contributed by atoms with Crippen LogP contribution in [0.5, 0.6) is 0 Å². The van der Waals surface area contributed by atoms with E-state index in [1.165, 1.54) is 5.56 Å². The van der Waals surface area contributed by atoms with Gasteiger partial charge in [0.25, 0.3) is 0 Å². The molecule has 2 aromatic carbocycles. The predicted octanol–water partition coefficient (Wildman–Crippen LogP) is 3.66. The lowest BCUT2D eigenvalue weighted by atomic mass is 9.80. The molecule has 0 amide bonds. The van der Waals surface area contributed by atoms with Gasteiger partial charge in [-0.15, -0.1) is 0 Å². The van der Waals surface area contributed by atoms with Crippen molar-refractivity contribution in [2.24, 2.45) is 0 Å². The number of Topliss-reactive ketones (excluding diaryl/α,β-unsaturated/α-hetero) is 1. The van der Waals surface area contributed by atoms with E-state index in [-0.39, 0.29) is 5.78 Å². The fraction of sp³-hybridized carbons (Fsp3) is 0.435. The Balaban J connectivity index is 1.85. The lowest BCUT2D eigenvalue weighted by Crippen LogP contribution is -2.52. The van der Waals surface area contributed by atoms with E-state index in [4.69, 9.17) is 4.74 Å². The maximum absolute atomic E-state index is 13.6. The SMILES string of the molecule is CC[C@](Cc1ccccc1)(C(=O)c1ccc(N2CCOCC2)cc1)N(C)C. The Morgan fingerprint density at radius 3 is 2.22 bits per heavy atom. The Morgan fingerprint density at radius 2 is 1.67 bits per heavy atom. The highest BCUT2D eigenvalue weighted by atomic mass is 16.5. The zero-order valence-corrected chi connectivity index (χ0v) is 16.6. The van der Waals surface area contributed by atoms with Crippen LogP contribution in [0, 0.1) is 0 Å². The number of benzene rings is 2. The summed E-state index contributed by atoms with van der Waals surface area (Å²) in [5, 5.41) is 0. The van der Waals surface area contributed by atoms with Crippen LogP contribution in [0.4, 0.5) is 5.69 Å². The van der Waals surface area contributed by atoms with Gasteiger partial charge in [0, 0.05) is 24.3 Å². The third kappa shape index (κ3) is 4.23. The zero-order valence-electron chi connectivity index (χ0n) is 16.6. The molecular formula is C23H30N2O2. The van der Waals surface area contributed by atoms with Gasteiger partial charge in [-0.2, -0.15) is 0 Å². The number of hydrogen-bond acceptors (Lipinski definition) is 4. The molecule has 1 atom stereocenters. The van der Waals surface area contributed by atoms with E-state index < -0.39 is 5.54 Å². The summed E-state index contributed by atoms with van der Waals surface area (Å²) in [5.41, 5.74) is 2.58. The lowest BCUT2D eigenvalue weighted by molar-refractivity contribution is 0.0666. The molecule has 0 N–H and O–H groups in total. The molecule has 2 aromatic rings. The molecular weight excluding hydrogens is 336 g/mol. The molecule has 144 valence electrons. The minimum Gasteiger partial charge on any atom is -0.378 e. The molecule has 1 saturated heterocycles. The summed E-state index contributed by atoms with van der Waals surface area (Å²) in [6, 6.07) is 18.4. The Labute approximate surface area is 162 Å². The van der Waals surface area contributed by atoms with Gasteiger partial charge in [0.2, 0.25) is 0 Å². The number of ketones is 1. The van der Waals surface area contributed by atoms with Crippen LogP contribution in [0.1, 0.15) is 29.3 Å². The average molecular weight is 367 g/mol. The van der Waals surface area contributed by atoms with E-state index in [1.54, 1.807) is 0 Å². The fourth-order valence-corrected chi connectivity index (χ4v) is 3.89. The number of ether oxygens (including phenoxy) is 1. The number of carbonyl (C=O) groups excluding carboxylic acids is 1. The molecule has 1 aliphatic rings. The highest BCUT2D eigenvalue weighted by molar-refractivity contribution is 6.03. The van der Waals surface area contributed by atoms with Gasteiger partial charge < -0.3 is 9.64 Å². The monoisotopic (exact) mass is 366 g/mol. The second-order valence-corrected chi connectivity index (χ2v) is 7.42. The average Bonchev–Trinajstić information content (AvgIpc) is 2.73. The smallest absolute Gasteiger partial charge is 0.183 e. The normalized spacial score (nSPS) is 17.0. The molecule has 27 heavy (non-hydrogen) atoms. The van der Waals surface area contributed by atoms with Crippen molar-refractivity contribution in [3.63, 3.8) is 0 Å². The first-order valence-corrected chi connectivity index (χ1v) is 9.76. The largest absolute Gasteiger partial charge is 0.378 e. The molecule has 0 saturated carbocycles. The van der Waals surface area contributed by atoms with Crippen molar-refractivity contribution in [1.29, 1.82) is 0 Å². The van der Waals surface area contributed by atoms with E-state index in [2.05, 4.69) is 41.0 Å². The summed E-state index contributed by atoms with van der Waals surface area (Å²) in [5.74, 6) is 0.187. The number of anilines is 1. The van der Waals surface area contributed by atoms with Crippen LogP contribution in [0.15, 0.2) is 54.6 Å². The number of carbonyl (C=O) groups is 1. The first-order chi connectivity index (χ1) is 13.1. The Morgan fingerprint density at radius 1 is 1.04 bits per heavy atom. The molecule has 4 nitrogen and oxygen atoms in total. The van der Waals surface area contributed by atoms with Crippen LogP contribution in [-0.2, 0) is 11.2 Å². The Hall–Kier alpha value is -2.17. The number of morpholine rings is 1. The molecule has 0 unspecified atom stereocenters. The van der Waals surface area contributed by atoms with Crippen molar-refractivity contribution >= 4 is 11.5 Å². The number of hydrogen-bond donors (Lipinski definition) is 0. The minimum atomic E-state index is -0.540. The lowest BCUT2D eigenvalue weighted by Gasteiger charge is -2.38. The van der Waals surface area contributed by atoms with E-state index in [1.807, 2.05) is 44.4 Å².